The van der Waals surface area contributed by atoms with Gasteiger partial charge in [0.2, 0.25) is 0 Å². The van der Waals surface area contributed by atoms with E-state index in [1.165, 1.54) is 0 Å². The van der Waals surface area contributed by atoms with Crippen LogP contribution in [0.25, 0.3) is 0 Å². The molecule has 112 valence electrons. The number of hydrogen-bond donors (Lipinski definition) is 2. The highest BCUT2D eigenvalue weighted by molar-refractivity contribution is 5.79. The van der Waals surface area contributed by atoms with Gasteiger partial charge in [-0.2, -0.15) is 0 Å². The molecule has 0 aliphatic heterocycles. The highest BCUT2D eigenvalue weighted by atomic mass is 16.5. The molecule has 0 saturated heterocycles. The minimum absolute atomic E-state index is 0.590. The monoisotopic (exact) mass is 287 g/mol. The molecular formula is C15H21N5O. The molecule has 0 spiro atoms. The fourth-order valence-electron chi connectivity index (χ4n) is 1.80. The molecule has 2 rings (SSSR count). The zero-order chi connectivity index (χ0) is 14.8. The Kier molecular flexibility index (Phi) is 6.12. The van der Waals surface area contributed by atoms with E-state index in [4.69, 9.17) is 4.74 Å². The summed E-state index contributed by atoms with van der Waals surface area (Å²) in [6.07, 6.45) is 5.51. The fourth-order valence-corrected chi connectivity index (χ4v) is 1.80. The van der Waals surface area contributed by atoms with Crippen molar-refractivity contribution in [3.8, 4) is 5.75 Å². The van der Waals surface area contributed by atoms with Crippen molar-refractivity contribution in [3.63, 3.8) is 0 Å². The van der Waals surface area contributed by atoms with Crippen molar-refractivity contribution in [1.29, 1.82) is 0 Å². The zero-order valence-corrected chi connectivity index (χ0v) is 12.2. The molecule has 0 saturated carbocycles. The quantitative estimate of drug-likeness (QED) is 0.455. The van der Waals surface area contributed by atoms with E-state index in [0.717, 1.165) is 24.8 Å². The van der Waals surface area contributed by atoms with Crippen LogP contribution in [0.3, 0.4) is 0 Å². The molecule has 6 nitrogen and oxygen atoms in total. The zero-order valence-electron chi connectivity index (χ0n) is 12.2. The molecule has 1 aromatic carbocycles. The molecule has 0 fully saturated rings. The first-order chi connectivity index (χ1) is 10.4. The van der Waals surface area contributed by atoms with Crippen LogP contribution in [0.5, 0.6) is 5.75 Å². The van der Waals surface area contributed by atoms with E-state index in [0.29, 0.717) is 13.2 Å². The SMILES string of the molecule is CN=C(NCCOc1ccccc1)NCCn1ccnc1. The van der Waals surface area contributed by atoms with E-state index in [-0.39, 0.29) is 0 Å². The number of para-hydroxylation sites is 1. The van der Waals surface area contributed by atoms with Crippen molar-refractivity contribution in [1.82, 2.24) is 20.2 Å². The van der Waals surface area contributed by atoms with E-state index >= 15 is 0 Å². The van der Waals surface area contributed by atoms with Gasteiger partial charge in [-0.25, -0.2) is 4.98 Å². The van der Waals surface area contributed by atoms with Crippen molar-refractivity contribution in [2.45, 2.75) is 6.54 Å². The Morgan fingerprint density at radius 1 is 1.24 bits per heavy atom. The van der Waals surface area contributed by atoms with E-state index in [2.05, 4.69) is 20.6 Å². The first-order valence-corrected chi connectivity index (χ1v) is 6.96. The third-order valence-electron chi connectivity index (χ3n) is 2.85. The summed E-state index contributed by atoms with van der Waals surface area (Å²) in [5.41, 5.74) is 0. The molecule has 0 aliphatic rings. The average molecular weight is 287 g/mol. The van der Waals surface area contributed by atoms with E-state index in [1.54, 1.807) is 19.6 Å². The first kappa shape index (κ1) is 14.9. The van der Waals surface area contributed by atoms with Gasteiger partial charge in [0.05, 0.1) is 12.9 Å². The van der Waals surface area contributed by atoms with Crippen LogP contribution in [-0.4, -0.2) is 42.3 Å². The summed E-state index contributed by atoms with van der Waals surface area (Å²) < 4.78 is 7.62. The van der Waals surface area contributed by atoms with Gasteiger partial charge in [0.1, 0.15) is 12.4 Å². The second kappa shape index (κ2) is 8.63. The second-order valence-electron chi connectivity index (χ2n) is 4.39. The lowest BCUT2D eigenvalue weighted by molar-refractivity contribution is 0.322. The average Bonchev–Trinajstić information content (AvgIpc) is 3.04. The van der Waals surface area contributed by atoms with E-state index < -0.39 is 0 Å². The van der Waals surface area contributed by atoms with Crippen molar-refractivity contribution in [2.75, 3.05) is 26.7 Å². The Bertz CT molecular complexity index is 524. The molecule has 0 atom stereocenters. The summed E-state index contributed by atoms with van der Waals surface area (Å²) in [5.74, 6) is 1.65. The Hall–Kier alpha value is -2.50. The molecule has 21 heavy (non-hydrogen) atoms. The standard InChI is InChI=1S/C15H21N5O/c1-16-15(18-8-11-20-10-7-17-13-20)19-9-12-21-14-5-3-2-4-6-14/h2-7,10,13H,8-9,11-12H2,1H3,(H2,16,18,19). The number of imidazole rings is 1. The fraction of sp³-hybridized carbons (Fsp3) is 0.333. The topological polar surface area (TPSA) is 63.5 Å². The van der Waals surface area contributed by atoms with Crippen LogP contribution < -0.4 is 15.4 Å². The highest BCUT2D eigenvalue weighted by Gasteiger charge is 1.97. The number of nitrogens with one attached hydrogen (secondary N) is 2. The van der Waals surface area contributed by atoms with Crippen molar-refractivity contribution < 1.29 is 4.74 Å². The molecular weight excluding hydrogens is 266 g/mol. The lowest BCUT2D eigenvalue weighted by atomic mass is 10.3. The summed E-state index contributed by atoms with van der Waals surface area (Å²) in [5, 5.41) is 6.45. The van der Waals surface area contributed by atoms with Crippen LogP contribution in [-0.2, 0) is 6.54 Å². The molecule has 0 radical (unpaired) electrons. The van der Waals surface area contributed by atoms with Crippen molar-refractivity contribution >= 4 is 5.96 Å². The van der Waals surface area contributed by atoms with Crippen molar-refractivity contribution in [3.05, 3.63) is 49.1 Å². The largest absolute Gasteiger partial charge is 0.492 e. The summed E-state index contributed by atoms with van der Waals surface area (Å²) in [7, 11) is 1.75. The maximum absolute atomic E-state index is 5.61. The van der Waals surface area contributed by atoms with Crippen LogP contribution in [0.1, 0.15) is 0 Å². The third kappa shape index (κ3) is 5.56. The molecule has 2 aromatic rings. The summed E-state index contributed by atoms with van der Waals surface area (Å²) in [6, 6.07) is 9.77. The Morgan fingerprint density at radius 2 is 2.05 bits per heavy atom. The van der Waals surface area contributed by atoms with Crippen LogP contribution >= 0.6 is 0 Å². The smallest absolute Gasteiger partial charge is 0.191 e. The van der Waals surface area contributed by atoms with E-state index in [9.17, 15) is 0 Å². The van der Waals surface area contributed by atoms with Gasteiger partial charge in [-0.05, 0) is 12.1 Å². The van der Waals surface area contributed by atoms with Gasteiger partial charge < -0.3 is 19.9 Å². The number of nitrogens with zero attached hydrogens (tertiary/aromatic N) is 3. The summed E-state index contributed by atoms with van der Waals surface area (Å²) in [4.78, 5) is 8.17. The maximum atomic E-state index is 5.61. The minimum Gasteiger partial charge on any atom is -0.492 e. The number of benzene rings is 1. The highest BCUT2D eigenvalue weighted by Crippen LogP contribution is 2.07. The summed E-state index contributed by atoms with van der Waals surface area (Å²) in [6.45, 7) is 2.92. The number of aromatic nitrogens is 2. The van der Waals surface area contributed by atoms with Gasteiger partial charge in [0.15, 0.2) is 5.96 Å². The Balaban J connectivity index is 1.59. The van der Waals surface area contributed by atoms with Gasteiger partial charge >= 0.3 is 0 Å². The second-order valence-corrected chi connectivity index (χ2v) is 4.39. The van der Waals surface area contributed by atoms with Crippen LogP contribution in [0, 0.1) is 0 Å². The Morgan fingerprint density at radius 3 is 2.76 bits per heavy atom. The van der Waals surface area contributed by atoms with Gasteiger partial charge in [-0.15, -0.1) is 0 Å². The molecule has 0 aliphatic carbocycles. The lowest BCUT2D eigenvalue weighted by Crippen LogP contribution is -2.40. The number of ether oxygens (including phenoxy) is 1. The molecule has 0 bridgehead atoms. The lowest BCUT2D eigenvalue weighted by Gasteiger charge is -2.12. The summed E-state index contributed by atoms with van der Waals surface area (Å²) >= 11 is 0. The van der Waals surface area contributed by atoms with E-state index in [1.807, 2.05) is 41.1 Å². The minimum atomic E-state index is 0.590. The third-order valence-corrected chi connectivity index (χ3v) is 2.85. The van der Waals surface area contributed by atoms with Gasteiger partial charge in [-0.3, -0.25) is 4.99 Å². The van der Waals surface area contributed by atoms with Crippen molar-refractivity contribution in [2.24, 2.45) is 4.99 Å². The first-order valence-electron chi connectivity index (χ1n) is 6.96. The van der Waals surface area contributed by atoms with Gasteiger partial charge in [0, 0.05) is 32.5 Å². The van der Waals surface area contributed by atoms with Crippen LogP contribution in [0.4, 0.5) is 0 Å². The molecule has 1 heterocycles. The molecule has 0 amide bonds. The number of rotatable bonds is 7. The predicted molar refractivity (Wildman–Crippen MR) is 83.5 cm³/mol. The molecule has 6 heteroatoms. The Labute approximate surface area is 124 Å². The predicted octanol–water partition coefficient (Wildman–Crippen LogP) is 1.13. The number of aliphatic imine (C=N–C) groups is 1. The number of guanidine groups is 1. The molecule has 1 aromatic heterocycles. The van der Waals surface area contributed by atoms with Crippen LogP contribution in [0.2, 0.25) is 0 Å². The number of hydrogen-bond acceptors (Lipinski definition) is 3. The van der Waals surface area contributed by atoms with Gasteiger partial charge in [0.25, 0.3) is 0 Å². The maximum Gasteiger partial charge on any atom is 0.191 e. The van der Waals surface area contributed by atoms with Gasteiger partial charge in [-0.1, -0.05) is 18.2 Å². The normalized spacial score (nSPS) is 11.2. The molecule has 2 N–H and O–H groups in total. The molecule has 0 unspecified atom stereocenters. The van der Waals surface area contributed by atoms with Crippen LogP contribution in [0.15, 0.2) is 54.0 Å².